The van der Waals surface area contributed by atoms with Gasteiger partial charge < -0.3 is 9.13 Å². The number of rotatable bonds is 3. The number of hydrogen-bond acceptors (Lipinski definition) is 2. The number of imidazole rings is 2. The summed E-state index contributed by atoms with van der Waals surface area (Å²) in [7, 11) is 1.97. The van der Waals surface area contributed by atoms with E-state index >= 15 is 0 Å². The SMILES string of the molecule is Cc1cc(-c2cnc(Cn3ccnc3C)n2C)ccc1F. The third-order valence-electron chi connectivity index (χ3n) is 3.77. The second kappa shape index (κ2) is 5.16. The van der Waals surface area contributed by atoms with Gasteiger partial charge in [-0.25, -0.2) is 14.4 Å². The lowest BCUT2D eigenvalue weighted by Gasteiger charge is -2.08. The molecule has 0 aliphatic carbocycles. The quantitative estimate of drug-likeness (QED) is 0.741. The van der Waals surface area contributed by atoms with Crippen molar-refractivity contribution in [2.75, 3.05) is 0 Å². The summed E-state index contributed by atoms with van der Waals surface area (Å²) >= 11 is 0. The van der Waals surface area contributed by atoms with E-state index in [9.17, 15) is 4.39 Å². The highest BCUT2D eigenvalue weighted by atomic mass is 19.1. The molecule has 0 amide bonds. The van der Waals surface area contributed by atoms with Crippen molar-refractivity contribution in [2.24, 2.45) is 7.05 Å². The highest BCUT2D eigenvalue weighted by Crippen LogP contribution is 2.22. The molecule has 2 aromatic heterocycles. The molecule has 4 nitrogen and oxygen atoms in total. The molecular weight excluding hydrogens is 267 g/mol. The largest absolute Gasteiger partial charge is 0.330 e. The molecule has 0 saturated carbocycles. The third-order valence-corrected chi connectivity index (χ3v) is 3.77. The van der Waals surface area contributed by atoms with Gasteiger partial charge in [-0.05, 0) is 37.6 Å². The van der Waals surface area contributed by atoms with Crippen LogP contribution in [0.1, 0.15) is 17.2 Å². The summed E-state index contributed by atoms with van der Waals surface area (Å²) in [5, 5.41) is 0. The van der Waals surface area contributed by atoms with Crippen LogP contribution in [0.5, 0.6) is 0 Å². The van der Waals surface area contributed by atoms with Gasteiger partial charge in [0.25, 0.3) is 0 Å². The van der Waals surface area contributed by atoms with Crippen molar-refractivity contribution in [1.29, 1.82) is 0 Å². The summed E-state index contributed by atoms with van der Waals surface area (Å²) in [4.78, 5) is 8.69. The average molecular weight is 284 g/mol. The molecule has 1 aromatic carbocycles. The number of aromatic nitrogens is 4. The molecular formula is C16H17FN4. The lowest BCUT2D eigenvalue weighted by molar-refractivity contribution is 0.618. The molecule has 0 radical (unpaired) electrons. The van der Waals surface area contributed by atoms with Gasteiger partial charge in [-0.1, -0.05) is 0 Å². The van der Waals surface area contributed by atoms with Crippen LogP contribution in [0, 0.1) is 19.7 Å². The molecule has 0 unspecified atom stereocenters. The van der Waals surface area contributed by atoms with Crippen molar-refractivity contribution in [3.63, 3.8) is 0 Å². The summed E-state index contributed by atoms with van der Waals surface area (Å²) in [6, 6.07) is 5.13. The van der Waals surface area contributed by atoms with Crippen molar-refractivity contribution >= 4 is 0 Å². The fraction of sp³-hybridized carbons (Fsp3) is 0.250. The van der Waals surface area contributed by atoms with Crippen molar-refractivity contribution < 1.29 is 4.39 Å². The topological polar surface area (TPSA) is 35.6 Å². The zero-order valence-electron chi connectivity index (χ0n) is 12.3. The average Bonchev–Trinajstić information content (AvgIpc) is 3.02. The Bertz CT molecular complexity index is 785. The molecule has 0 saturated heterocycles. The van der Waals surface area contributed by atoms with Gasteiger partial charge in [-0.2, -0.15) is 0 Å². The maximum absolute atomic E-state index is 13.4. The second-order valence-corrected chi connectivity index (χ2v) is 5.19. The van der Waals surface area contributed by atoms with Crippen LogP contribution < -0.4 is 0 Å². The predicted molar refractivity (Wildman–Crippen MR) is 79.4 cm³/mol. The van der Waals surface area contributed by atoms with Crippen LogP contribution in [0.15, 0.2) is 36.8 Å². The second-order valence-electron chi connectivity index (χ2n) is 5.19. The number of aryl methyl sites for hydroxylation is 2. The van der Waals surface area contributed by atoms with Crippen LogP contribution in [0.3, 0.4) is 0 Å². The first-order valence-electron chi connectivity index (χ1n) is 6.81. The van der Waals surface area contributed by atoms with Crippen LogP contribution in [0.25, 0.3) is 11.3 Å². The molecule has 21 heavy (non-hydrogen) atoms. The van der Waals surface area contributed by atoms with Gasteiger partial charge >= 0.3 is 0 Å². The first kappa shape index (κ1) is 13.5. The fourth-order valence-electron chi connectivity index (χ4n) is 2.39. The van der Waals surface area contributed by atoms with E-state index in [-0.39, 0.29) is 5.82 Å². The normalized spacial score (nSPS) is 11.0. The summed E-state index contributed by atoms with van der Waals surface area (Å²) in [6.45, 7) is 4.40. The standard InChI is InChI=1S/C16H17FN4/c1-11-8-13(4-5-14(11)17)15-9-19-16(20(15)3)10-21-7-6-18-12(21)2/h4-9H,10H2,1-3H3. The van der Waals surface area contributed by atoms with E-state index < -0.39 is 0 Å². The Hall–Kier alpha value is -2.43. The van der Waals surface area contributed by atoms with E-state index in [2.05, 4.69) is 9.97 Å². The molecule has 2 heterocycles. The molecule has 0 aliphatic rings. The minimum Gasteiger partial charge on any atom is -0.330 e. The molecule has 5 heteroatoms. The van der Waals surface area contributed by atoms with E-state index in [1.807, 2.05) is 41.6 Å². The lowest BCUT2D eigenvalue weighted by atomic mass is 10.1. The molecule has 0 fully saturated rings. The Morgan fingerprint density at radius 2 is 2.00 bits per heavy atom. The van der Waals surface area contributed by atoms with E-state index in [4.69, 9.17) is 0 Å². The van der Waals surface area contributed by atoms with E-state index in [0.717, 1.165) is 22.9 Å². The van der Waals surface area contributed by atoms with Gasteiger partial charge in [-0.15, -0.1) is 0 Å². The number of halogens is 1. The highest BCUT2D eigenvalue weighted by molar-refractivity contribution is 5.60. The molecule has 0 atom stereocenters. The summed E-state index contributed by atoms with van der Waals surface area (Å²) in [5.74, 6) is 1.71. The van der Waals surface area contributed by atoms with E-state index in [1.54, 1.807) is 19.2 Å². The van der Waals surface area contributed by atoms with Gasteiger partial charge in [0.15, 0.2) is 0 Å². The van der Waals surface area contributed by atoms with Gasteiger partial charge in [0.2, 0.25) is 0 Å². The highest BCUT2D eigenvalue weighted by Gasteiger charge is 2.11. The van der Waals surface area contributed by atoms with Crippen molar-refractivity contribution in [1.82, 2.24) is 19.1 Å². The summed E-state index contributed by atoms with van der Waals surface area (Å²) in [6.07, 6.45) is 5.54. The fourth-order valence-corrected chi connectivity index (χ4v) is 2.39. The van der Waals surface area contributed by atoms with Crippen LogP contribution in [0.2, 0.25) is 0 Å². The van der Waals surface area contributed by atoms with Gasteiger partial charge in [0.05, 0.1) is 18.4 Å². The first-order valence-corrected chi connectivity index (χ1v) is 6.81. The summed E-state index contributed by atoms with van der Waals surface area (Å²) < 4.78 is 17.5. The van der Waals surface area contributed by atoms with Crippen LogP contribution in [-0.2, 0) is 13.6 Å². The Kier molecular flexibility index (Phi) is 3.33. The van der Waals surface area contributed by atoms with E-state index in [0.29, 0.717) is 12.1 Å². The monoisotopic (exact) mass is 284 g/mol. The minimum atomic E-state index is -0.185. The van der Waals surface area contributed by atoms with Crippen molar-refractivity contribution in [2.45, 2.75) is 20.4 Å². The van der Waals surface area contributed by atoms with Crippen LogP contribution in [-0.4, -0.2) is 19.1 Å². The first-order chi connectivity index (χ1) is 10.1. The molecule has 3 aromatic rings. The molecule has 3 rings (SSSR count). The van der Waals surface area contributed by atoms with E-state index in [1.165, 1.54) is 6.07 Å². The van der Waals surface area contributed by atoms with Gasteiger partial charge in [0, 0.05) is 25.0 Å². The number of benzene rings is 1. The van der Waals surface area contributed by atoms with Crippen molar-refractivity contribution in [3.05, 3.63) is 59.8 Å². The zero-order chi connectivity index (χ0) is 15.0. The minimum absolute atomic E-state index is 0.185. The van der Waals surface area contributed by atoms with Crippen LogP contribution >= 0.6 is 0 Å². The Morgan fingerprint density at radius 3 is 2.67 bits per heavy atom. The van der Waals surface area contributed by atoms with Gasteiger partial charge in [-0.3, -0.25) is 0 Å². The summed E-state index contributed by atoms with van der Waals surface area (Å²) in [5.41, 5.74) is 2.59. The molecule has 0 bridgehead atoms. The Balaban J connectivity index is 1.95. The predicted octanol–water partition coefficient (Wildman–Crippen LogP) is 3.09. The van der Waals surface area contributed by atoms with Crippen molar-refractivity contribution in [3.8, 4) is 11.3 Å². The third kappa shape index (κ3) is 2.46. The van der Waals surface area contributed by atoms with Crippen LogP contribution in [0.4, 0.5) is 4.39 Å². The maximum Gasteiger partial charge on any atom is 0.128 e. The number of nitrogens with zero attached hydrogens (tertiary/aromatic N) is 4. The molecule has 108 valence electrons. The molecule has 0 N–H and O–H groups in total. The molecule has 0 aliphatic heterocycles. The zero-order valence-corrected chi connectivity index (χ0v) is 12.3. The Morgan fingerprint density at radius 1 is 1.19 bits per heavy atom. The molecule has 0 spiro atoms. The number of hydrogen-bond donors (Lipinski definition) is 0. The maximum atomic E-state index is 13.4. The smallest absolute Gasteiger partial charge is 0.128 e. The Labute approximate surface area is 122 Å². The lowest BCUT2D eigenvalue weighted by Crippen LogP contribution is -2.07. The van der Waals surface area contributed by atoms with Gasteiger partial charge in [0.1, 0.15) is 17.5 Å².